The third kappa shape index (κ3) is 3.50. The zero-order valence-electron chi connectivity index (χ0n) is 8.27. The van der Waals surface area contributed by atoms with Gasteiger partial charge in [0.2, 0.25) is 0 Å². The van der Waals surface area contributed by atoms with Crippen LogP contribution in [0.1, 0.15) is 5.56 Å². The second kappa shape index (κ2) is 6.59. The minimum Gasteiger partial charge on any atom is -0.450 e. The van der Waals surface area contributed by atoms with Crippen LogP contribution in [-0.4, -0.2) is 33.0 Å². The molecule has 1 aromatic rings. The highest BCUT2D eigenvalue weighted by atomic mass is 16.7. The summed E-state index contributed by atoms with van der Waals surface area (Å²) in [4.78, 5) is 0. The average molecular weight is 193 g/mol. The van der Waals surface area contributed by atoms with E-state index in [9.17, 15) is 0 Å². The molecule has 0 bridgehead atoms. The molecule has 0 unspecified atom stereocenters. The van der Waals surface area contributed by atoms with Crippen LogP contribution in [0.2, 0.25) is 0 Å². The van der Waals surface area contributed by atoms with Crippen LogP contribution in [0.4, 0.5) is 0 Å². The minimum atomic E-state index is 0.311. The van der Waals surface area contributed by atoms with Crippen LogP contribution in [-0.2, 0) is 15.9 Å². The van der Waals surface area contributed by atoms with Gasteiger partial charge < -0.3 is 14.5 Å². The number of hydrogen-bond acceptors (Lipinski definition) is 3. The summed E-state index contributed by atoms with van der Waals surface area (Å²) in [5, 5.41) is 8.93. The molecular formula is C10H14BO3. The van der Waals surface area contributed by atoms with Gasteiger partial charge >= 0.3 is 7.48 Å². The topological polar surface area (TPSA) is 38.7 Å². The van der Waals surface area contributed by atoms with Crippen molar-refractivity contribution >= 4 is 12.9 Å². The first-order chi connectivity index (χ1) is 6.88. The number of rotatable bonds is 6. The molecule has 3 nitrogen and oxygen atoms in total. The lowest BCUT2D eigenvalue weighted by Gasteiger charge is -2.06. The first-order valence-corrected chi connectivity index (χ1v) is 4.50. The summed E-state index contributed by atoms with van der Waals surface area (Å²) in [5.41, 5.74) is 1.92. The molecule has 0 spiro atoms. The first kappa shape index (κ1) is 11.2. The van der Waals surface area contributed by atoms with E-state index in [0.717, 1.165) is 24.9 Å². The standard InChI is InChI=1S/C10H14BO3/c1-13-8-14-7-6-9-4-2-3-5-10(9)11-12/h2-5,12H,6-8H2,1H3. The summed E-state index contributed by atoms with van der Waals surface area (Å²) >= 11 is 0. The molecule has 0 aromatic heterocycles. The van der Waals surface area contributed by atoms with Crippen molar-refractivity contribution < 1.29 is 14.5 Å². The van der Waals surface area contributed by atoms with Gasteiger partial charge in [0.15, 0.2) is 0 Å². The van der Waals surface area contributed by atoms with Gasteiger partial charge in [-0.2, -0.15) is 0 Å². The second-order valence-electron chi connectivity index (χ2n) is 2.89. The largest absolute Gasteiger partial charge is 0.450 e. The summed E-state index contributed by atoms with van der Waals surface area (Å²) in [5.74, 6) is 0. The van der Waals surface area contributed by atoms with E-state index in [1.165, 1.54) is 0 Å². The zero-order chi connectivity index (χ0) is 10.2. The van der Waals surface area contributed by atoms with Gasteiger partial charge in [0.25, 0.3) is 0 Å². The van der Waals surface area contributed by atoms with Crippen LogP contribution < -0.4 is 5.46 Å². The maximum Gasteiger partial charge on any atom is 0.327 e. The lowest BCUT2D eigenvalue weighted by atomic mass is 9.83. The van der Waals surface area contributed by atoms with Crippen molar-refractivity contribution in [1.82, 2.24) is 0 Å². The molecule has 0 saturated carbocycles. The molecule has 1 aromatic carbocycles. The van der Waals surface area contributed by atoms with Crippen LogP contribution in [0.3, 0.4) is 0 Å². The van der Waals surface area contributed by atoms with Crippen molar-refractivity contribution in [3.05, 3.63) is 29.8 Å². The van der Waals surface area contributed by atoms with Gasteiger partial charge in [0.05, 0.1) is 6.61 Å². The summed E-state index contributed by atoms with van der Waals surface area (Å²) in [7, 11) is 2.71. The molecule has 1 radical (unpaired) electrons. The van der Waals surface area contributed by atoms with Crippen LogP contribution in [0, 0.1) is 0 Å². The fourth-order valence-corrected chi connectivity index (χ4v) is 1.21. The Morgan fingerprint density at radius 2 is 2.14 bits per heavy atom. The Bertz CT molecular complexity index is 265. The maximum atomic E-state index is 8.93. The van der Waals surface area contributed by atoms with E-state index < -0.39 is 0 Å². The van der Waals surface area contributed by atoms with Crippen LogP contribution in [0.5, 0.6) is 0 Å². The van der Waals surface area contributed by atoms with E-state index in [1.54, 1.807) is 7.11 Å². The molecule has 0 saturated heterocycles. The Balaban J connectivity index is 2.41. The number of benzene rings is 1. The average Bonchev–Trinajstić information content (AvgIpc) is 2.25. The molecule has 0 aliphatic rings. The van der Waals surface area contributed by atoms with E-state index in [0.29, 0.717) is 13.4 Å². The van der Waals surface area contributed by atoms with E-state index >= 15 is 0 Å². The highest BCUT2D eigenvalue weighted by molar-refractivity contribution is 6.46. The smallest absolute Gasteiger partial charge is 0.327 e. The third-order valence-corrected chi connectivity index (χ3v) is 1.91. The maximum absolute atomic E-state index is 8.93. The molecule has 0 atom stereocenters. The van der Waals surface area contributed by atoms with Gasteiger partial charge in [0, 0.05) is 7.11 Å². The Morgan fingerprint density at radius 1 is 1.36 bits per heavy atom. The highest BCUT2D eigenvalue weighted by Crippen LogP contribution is 1.97. The molecule has 0 aliphatic heterocycles. The molecule has 75 valence electrons. The Hall–Kier alpha value is -0.835. The monoisotopic (exact) mass is 193 g/mol. The molecule has 4 heteroatoms. The molecule has 0 aliphatic carbocycles. The van der Waals surface area contributed by atoms with Gasteiger partial charge in [-0.05, 0) is 12.0 Å². The predicted molar refractivity (Wildman–Crippen MR) is 55.6 cm³/mol. The summed E-state index contributed by atoms with van der Waals surface area (Å²) in [6.45, 7) is 0.906. The van der Waals surface area contributed by atoms with E-state index in [1.807, 2.05) is 24.3 Å². The van der Waals surface area contributed by atoms with Gasteiger partial charge in [-0.3, -0.25) is 0 Å². The Kier molecular flexibility index (Phi) is 5.29. The summed E-state index contributed by atoms with van der Waals surface area (Å²) < 4.78 is 9.93. The Labute approximate surface area is 84.9 Å². The quantitative estimate of drug-likeness (QED) is 0.395. The Morgan fingerprint density at radius 3 is 2.86 bits per heavy atom. The molecule has 14 heavy (non-hydrogen) atoms. The van der Waals surface area contributed by atoms with Gasteiger partial charge in [-0.15, -0.1) is 0 Å². The summed E-state index contributed by atoms with van der Waals surface area (Å²) in [6.07, 6.45) is 0.774. The number of hydrogen-bond donors (Lipinski definition) is 1. The van der Waals surface area contributed by atoms with Crippen molar-refractivity contribution in [2.75, 3.05) is 20.5 Å². The molecule has 0 fully saturated rings. The van der Waals surface area contributed by atoms with Crippen LogP contribution in [0.25, 0.3) is 0 Å². The fraction of sp³-hybridized carbons (Fsp3) is 0.400. The summed E-state index contributed by atoms with van der Waals surface area (Å²) in [6, 6.07) is 7.67. The number of ether oxygens (including phenoxy) is 2. The zero-order valence-corrected chi connectivity index (χ0v) is 8.27. The van der Waals surface area contributed by atoms with E-state index in [4.69, 9.17) is 14.5 Å². The first-order valence-electron chi connectivity index (χ1n) is 4.50. The van der Waals surface area contributed by atoms with Crippen molar-refractivity contribution in [2.45, 2.75) is 6.42 Å². The van der Waals surface area contributed by atoms with Crippen LogP contribution >= 0.6 is 0 Å². The van der Waals surface area contributed by atoms with Crippen molar-refractivity contribution in [1.29, 1.82) is 0 Å². The lowest BCUT2D eigenvalue weighted by molar-refractivity contribution is -0.0291. The molecule has 1 N–H and O–H groups in total. The van der Waals surface area contributed by atoms with Gasteiger partial charge in [-0.25, -0.2) is 0 Å². The normalized spacial score (nSPS) is 10.1. The molecule has 1 rings (SSSR count). The minimum absolute atomic E-state index is 0.311. The molecule has 0 amide bonds. The number of methoxy groups -OCH3 is 1. The second-order valence-corrected chi connectivity index (χ2v) is 2.89. The van der Waals surface area contributed by atoms with Crippen molar-refractivity contribution in [2.24, 2.45) is 0 Å². The third-order valence-electron chi connectivity index (χ3n) is 1.91. The van der Waals surface area contributed by atoms with E-state index in [-0.39, 0.29) is 0 Å². The van der Waals surface area contributed by atoms with Crippen LogP contribution in [0.15, 0.2) is 24.3 Å². The fourth-order valence-electron chi connectivity index (χ4n) is 1.21. The van der Waals surface area contributed by atoms with Crippen molar-refractivity contribution in [3.8, 4) is 0 Å². The molecular weight excluding hydrogens is 179 g/mol. The predicted octanol–water partition coefficient (Wildman–Crippen LogP) is 0.0864. The SMILES string of the molecule is COCOCCc1ccccc1[B]O. The van der Waals surface area contributed by atoms with E-state index in [2.05, 4.69) is 0 Å². The highest BCUT2D eigenvalue weighted by Gasteiger charge is 2.01. The lowest BCUT2D eigenvalue weighted by Crippen LogP contribution is -2.20. The molecule has 0 heterocycles. The van der Waals surface area contributed by atoms with Gasteiger partial charge in [-0.1, -0.05) is 29.7 Å². The van der Waals surface area contributed by atoms with Crippen molar-refractivity contribution in [3.63, 3.8) is 0 Å². The van der Waals surface area contributed by atoms with Gasteiger partial charge in [0.1, 0.15) is 6.79 Å².